The number of nitrogens with one attached hydrogen (secondary N) is 1. The summed E-state index contributed by atoms with van der Waals surface area (Å²) in [7, 11) is 0. The van der Waals surface area contributed by atoms with Crippen molar-refractivity contribution in [1.82, 2.24) is 0 Å². The highest BCUT2D eigenvalue weighted by Crippen LogP contribution is 2.38. The quantitative estimate of drug-likeness (QED) is 0.801. The molecule has 1 aromatic carbocycles. The molecule has 1 aliphatic carbocycles. The van der Waals surface area contributed by atoms with Crippen molar-refractivity contribution in [3.8, 4) is 5.75 Å². The zero-order valence-electron chi connectivity index (χ0n) is 11.2. The number of rotatable bonds is 5. The Morgan fingerprint density at radius 1 is 1.35 bits per heavy atom. The van der Waals surface area contributed by atoms with Crippen LogP contribution in [-0.2, 0) is 0 Å². The van der Waals surface area contributed by atoms with Gasteiger partial charge in [-0.15, -0.1) is 0 Å². The Hall–Kier alpha value is -1.49. The van der Waals surface area contributed by atoms with Gasteiger partial charge in [0.1, 0.15) is 5.75 Å². The van der Waals surface area contributed by atoms with E-state index in [1.807, 2.05) is 24.4 Å². The SMILES string of the molecule is Nc1c(NCC2CC2)ccc(OC2=CCCC=N2)c1Br. The largest absolute Gasteiger partial charge is 0.438 e. The molecule has 0 saturated heterocycles. The lowest BCUT2D eigenvalue weighted by atomic mass is 10.2. The molecule has 2 aliphatic rings. The lowest BCUT2D eigenvalue weighted by molar-refractivity contribution is 0.414. The zero-order chi connectivity index (χ0) is 13.9. The molecule has 1 saturated carbocycles. The normalized spacial score (nSPS) is 17.8. The van der Waals surface area contributed by atoms with E-state index in [2.05, 4.69) is 26.2 Å². The lowest BCUT2D eigenvalue weighted by Gasteiger charge is -2.15. The van der Waals surface area contributed by atoms with E-state index in [1.165, 1.54) is 12.8 Å². The van der Waals surface area contributed by atoms with Crippen LogP contribution >= 0.6 is 15.9 Å². The third kappa shape index (κ3) is 3.15. The van der Waals surface area contributed by atoms with Gasteiger partial charge in [-0.1, -0.05) is 0 Å². The molecule has 3 rings (SSSR count). The molecule has 0 bridgehead atoms. The van der Waals surface area contributed by atoms with Crippen LogP contribution in [0.3, 0.4) is 0 Å². The van der Waals surface area contributed by atoms with Crippen molar-refractivity contribution in [2.24, 2.45) is 10.9 Å². The Kier molecular flexibility index (Phi) is 3.96. The average molecular weight is 336 g/mol. The fourth-order valence-electron chi connectivity index (χ4n) is 2.05. The maximum absolute atomic E-state index is 6.15. The number of aliphatic imine (C=N–C) groups is 1. The molecule has 0 atom stereocenters. The number of halogens is 1. The molecule has 4 nitrogen and oxygen atoms in total. The van der Waals surface area contributed by atoms with E-state index in [1.54, 1.807) is 0 Å². The second-order valence-corrected chi connectivity index (χ2v) is 5.99. The second-order valence-electron chi connectivity index (χ2n) is 5.20. The molecule has 1 aromatic rings. The predicted octanol–water partition coefficient (Wildman–Crippen LogP) is 3.94. The Balaban J connectivity index is 1.73. The Labute approximate surface area is 127 Å². The van der Waals surface area contributed by atoms with Crippen molar-refractivity contribution in [3.05, 3.63) is 28.6 Å². The van der Waals surface area contributed by atoms with Gasteiger partial charge in [0.15, 0.2) is 0 Å². The summed E-state index contributed by atoms with van der Waals surface area (Å²) in [5.41, 5.74) is 7.79. The molecule has 0 amide bonds. The Morgan fingerprint density at radius 2 is 2.20 bits per heavy atom. The van der Waals surface area contributed by atoms with Crippen molar-refractivity contribution in [1.29, 1.82) is 0 Å². The molecule has 1 aliphatic heterocycles. The fraction of sp³-hybridized carbons (Fsp3) is 0.400. The molecular weight excluding hydrogens is 318 g/mol. The minimum Gasteiger partial charge on any atom is -0.438 e. The topological polar surface area (TPSA) is 59.6 Å². The summed E-state index contributed by atoms with van der Waals surface area (Å²) in [6.07, 6.45) is 8.44. The van der Waals surface area contributed by atoms with Crippen molar-refractivity contribution in [2.45, 2.75) is 25.7 Å². The van der Waals surface area contributed by atoms with Crippen LogP contribution in [0.4, 0.5) is 11.4 Å². The van der Waals surface area contributed by atoms with Gasteiger partial charge < -0.3 is 15.8 Å². The van der Waals surface area contributed by atoms with Crippen molar-refractivity contribution in [2.75, 3.05) is 17.6 Å². The standard InChI is InChI=1S/C15H18BrN3O/c16-14-12(20-13-3-1-2-8-18-13)7-6-11(15(14)17)19-9-10-4-5-10/h3,6-8,10,19H,1-2,4-5,9,17H2. The van der Waals surface area contributed by atoms with Gasteiger partial charge in [0.25, 0.3) is 0 Å². The Bertz CT molecular complexity index is 564. The number of hydrogen-bond acceptors (Lipinski definition) is 4. The smallest absolute Gasteiger partial charge is 0.214 e. The van der Waals surface area contributed by atoms with Crippen LogP contribution in [0.2, 0.25) is 0 Å². The summed E-state index contributed by atoms with van der Waals surface area (Å²) < 4.78 is 6.55. The number of allylic oxidation sites excluding steroid dienone is 1. The third-order valence-electron chi connectivity index (χ3n) is 3.47. The maximum atomic E-state index is 6.15. The summed E-state index contributed by atoms with van der Waals surface area (Å²) in [6, 6.07) is 3.88. The Morgan fingerprint density at radius 3 is 2.90 bits per heavy atom. The monoisotopic (exact) mass is 335 g/mol. The van der Waals surface area contributed by atoms with Crippen molar-refractivity contribution in [3.63, 3.8) is 0 Å². The zero-order valence-corrected chi connectivity index (χ0v) is 12.8. The average Bonchev–Trinajstić information content (AvgIpc) is 3.28. The second kappa shape index (κ2) is 5.87. The van der Waals surface area contributed by atoms with Crippen LogP contribution in [0.5, 0.6) is 5.75 Å². The highest BCUT2D eigenvalue weighted by atomic mass is 79.9. The molecule has 106 valence electrons. The van der Waals surface area contributed by atoms with Crippen molar-refractivity contribution >= 4 is 33.5 Å². The molecule has 1 heterocycles. The maximum Gasteiger partial charge on any atom is 0.214 e. The number of hydrogen-bond donors (Lipinski definition) is 2. The van der Waals surface area contributed by atoms with Gasteiger partial charge in [-0.05, 0) is 65.7 Å². The number of anilines is 2. The van der Waals surface area contributed by atoms with Crippen LogP contribution in [0.1, 0.15) is 25.7 Å². The number of ether oxygens (including phenoxy) is 1. The third-order valence-corrected chi connectivity index (χ3v) is 4.29. The van der Waals surface area contributed by atoms with E-state index in [0.29, 0.717) is 17.3 Å². The first-order valence-electron chi connectivity index (χ1n) is 6.96. The molecule has 0 aromatic heterocycles. The molecule has 0 radical (unpaired) electrons. The van der Waals surface area contributed by atoms with E-state index in [-0.39, 0.29) is 0 Å². The van der Waals surface area contributed by atoms with Gasteiger partial charge in [-0.2, -0.15) is 0 Å². The van der Waals surface area contributed by atoms with Crippen LogP contribution in [0.25, 0.3) is 0 Å². The van der Waals surface area contributed by atoms with Crippen LogP contribution in [-0.4, -0.2) is 12.8 Å². The number of nitrogens with two attached hydrogens (primary N) is 1. The first-order chi connectivity index (χ1) is 9.74. The van der Waals surface area contributed by atoms with Gasteiger partial charge in [-0.3, -0.25) is 0 Å². The minimum atomic E-state index is 0.634. The molecule has 3 N–H and O–H groups in total. The van der Waals surface area contributed by atoms with Gasteiger partial charge in [0, 0.05) is 12.8 Å². The first-order valence-corrected chi connectivity index (χ1v) is 7.75. The van der Waals surface area contributed by atoms with E-state index in [4.69, 9.17) is 10.5 Å². The van der Waals surface area contributed by atoms with Crippen LogP contribution in [0.15, 0.2) is 33.6 Å². The predicted molar refractivity (Wildman–Crippen MR) is 86.2 cm³/mol. The molecule has 1 fully saturated rings. The molecule has 5 heteroatoms. The van der Waals surface area contributed by atoms with Crippen LogP contribution < -0.4 is 15.8 Å². The number of nitrogen functional groups attached to an aromatic ring is 1. The van der Waals surface area contributed by atoms with Crippen LogP contribution in [0, 0.1) is 5.92 Å². The highest BCUT2D eigenvalue weighted by Gasteiger charge is 2.21. The fourth-order valence-corrected chi connectivity index (χ4v) is 2.48. The summed E-state index contributed by atoms with van der Waals surface area (Å²) in [5.74, 6) is 2.14. The number of benzene rings is 1. The summed E-state index contributed by atoms with van der Waals surface area (Å²) in [5, 5.41) is 3.39. The molecule has 0 spiro atoms. The van der Waals surface area contributed by atoms with E-state index < -0.39 is 0 Å². The van der Waals surface area contributed by atoms with Gasteiger partial charge in [-0.25, -0.2) is 4.99 Å². The summed E-state index contributed by atoms with van der Waals surface area (Å²) in [4.78, 5) is 4.22. The highest BCUT2D eigenvalue weighted by molar-refractivity contribution is 9.10. The summed E-state index contributed by atoms with van der Waals surface area (Å²) in [6.45, 7) is 0.992. The van der Waals surface area contributed by atoms with E-state index in [9.17, 15) is 0 Å². The molecule has 20 heavy (non-hydrogen) atoms. The van der Waals surface area contributed by atoms with Crippen molar-refractivity contribution < 1.29 is 4.74 Å². The lowest BCUT2D eigenvalue weighted by Crippen LogP contribution is -2.07. The van der Waals surface area contributed by atoms with Gasteiger partial charge in [0.05, 0.1) is 15.8 Å². The summed E-state index contributed by atoms with van der Waals surface area (Å²) >= 11 is 3.51. The van der Waals surface area contributed by atoms with Gasteiger partial charge in [0.2, 0.25) is 5.88 Å². The molecular formula is C15H18BrN3O. The van der Waals surface area contributed by atoms with Gasteiger partial charge >= 0.3 is 0 Å². The first kappa shape index (κ1) is 13.5. The van der Waals surface area contributed by atoms with E-state index >= 15 is 0 Å². The number of nitrogens with zero attached hydrogens (tertiary/aromatic N) is 1. The molecule has 0 unspecified atom stereocenters. The minimum absolute atomic E-state index is 0.634. The van der Waals surface area contributed by atoms with E-state index in [0.717, 1.165) is 35.5 Å².